The molecule has 0 spiro atoms. The first kappa shape index (κ1) is 25.5. The summed E-state index contributed by atoms with van der Waals surface area (Å²) in [6.07, 6.45) is -2.84. The van der Waals surface area contributed by atoms with Crippen LogP contribution in [0.5, 0.6) is 0 Å². The molecule has 0 aromatic carbocycles. The first-order chi connectivity index (χ1) is 19.0. The molecule has 0 saturated heterocycles. The Hall–Kier alpha value is -4.81. The van der Waals surface area contributed by atoms with E-state index in [4.69, 9.17) is 11.0 Å². The summed E-state index contributed by atoms with van der Waals surface area (Å²) in [5, 5.41) is 15.8. The number of nitrogens with two attached hydrogens (primary N) is 1. The zero-order valence-electron chi connectivity index (χ0n) is 20.2. The van der Waals surface area contributed by atoms with E-state index < -0.39 is 36.3 Å². The number of nitrogen functional groups attached to an aromatic ring is 1. The van der Waals surface area contributed by atoms with Gasteiger partial charge in [0.1, 0.15) is 35.1 Å². The first-order valence-electron chi connectivity index (χ1n) is 12.0. The molecule has 1 unspecified atom stereocenters. The number of nitrogens with one attached hydrogen (secondary N) is 1. The Bertz CT molecular complexity index is 1710. The molecule has 2 aliphatic rings. The number of nitriles is 1. The topological polar surface area (TPSA) is 161 Å². The van der Waals surface area contributed by atoms with E-state index in [-0.39, 0.29) is 40.4 Å². The van der Waals surface area contributed by atoms with E-state index in [2.05, 4.69) is 35.3 Å². The van der Waals surface area contributed by atoms with Gasteiger partial charge in [-0.15, -0.1) is 0 Å². The summed E-state index contributed by atoms with van der Waals surface area (Å²) in [4.78, 5) is 34.8. The lowest BCUT2D eigenvalue weighted by Crippen LogP contribution is -2.39. The minimum atomic E-state index is -5.72. The number of rotatable bonds is 6. The SMILES string of the molecule is N#Cc1ccc(C2(C3CC3)C(=O)Nc3nc(-c4cn5ncnc5c(CCC(F)(F)C(F)(F)F)n4)nc(N)c32)nc1. The molecule has 204 valence electrons. The molecule has 4 aromatic heterocycles. The van der Waals surface area contributed by atoms with Gasteiger partial charge in [-0.05, 0) is 37.3 Å². The third-order valence-electron chi connectivity index (χ3n) is 7.06. The van der Waals surface area contributed by atoms with Crippen molar-refractivity contribution in [2.45, 2.75) is 43.2 Å². The van der Waals surface area contributed by atoms with Gasteiger partial charge >= 0.3 is 12.1 Å². The number of aryl methyl sites for hydroxylation is 1. The summed E-state index contributed by atoms with van der Waals surface area (Å²) >= 11 is 0. The maximum atomic E-state index is 13.6. The van der Waals surface area contributed by atoms with Gasteiger partial charge < -0.3 is 11.1 Å². The maximum Gasteiger partial charge on any atom is 0.453 e. The van der Waals surface area contributed by atoms with Gasteiger partial charge in [0.15, 0.2) is 11.5 Å². The normalized spacial score (nSPS) is 18.9. The summed E-state index contributed by atoms with van der Waals surface area (Å²) in [6.45, 7) is 0. The Morgan fingerprint density at radius 3 is 2.58 bits per heavy atom. The van der Waals surface area contributed by atoms with Gasteiger partial charge in [-0.2, -0.15) is 32.3 Å². The molecule has 1 aliphatic heterocycles. The molecule has 0 bridgehead atoms. The number of anilines is 2. The van der Waals surface area contributed by atoms with Gasteiger partial charge in [0.05, 0.1) is 28.7 Å². The van der Waals surface area contributed by atoms with Crippen LogP contribution in [0.2, 0.25) is 0 Å². The molecule has 1 saturated carbocycles. The number of hydrogen-bond donors (Lipinski definition) is 2. The Kier molecular flexibility index (Phi) is 5.47. The van der Waals surface area contributed by atoms with Crippen molar-refractivity contribution in [3.63, 3.8) is 0 Å². The van der Waals surface area contributed by atoms with E-state index in [1.165, 1.54) is 12.4 Å². The van der Waals surface area contributed by atoms with Gasteiger partial charge in [-0.1, -0.05) is 0 Å². The van der Waals surface area contributed by atoms with Crippen molar-refractivity contribution in [2.24, 2.45) is 5.92 Å². The molecular weight excluding hydrogens is 539 g/mol. The highest BCUT2D eigenvalue weighted by Gasteiger charge is 2.60. The second-order valence-electron chi connectivity index (χ2n) is 9.54. The van der Waals surface area contributed by atoms with Crippen LogP contribution in [0.25, 0.3) is 17.2 Å². The lowest BCUT2D eigenvalue weighted by molar-refractivity contribution is -0.284. The minimum absolute atomic E-state index is 0.0104. The van der Waals surface area contributed by atoms with Crippen molar-refractivity contribution in [3.05, 3.63) is 53.4 Å². The average molecular weight is 556 g/mol. The zero-order valence-corrected chi connectivity index (χ0v) is 20.2. The second kappa shape index (κ2) is 8.60. The van der Waals surface area contributed by atoms with E-state index in [1.54, 1.807) is 12.1 Å². The smallest absolute Gasteiger partial charge is 0.383 e. The van der Waals surface area contributed by atoms with Crippen LogP contribution in [0, 0.1) is 17.2 Å². The van der Waals surface area contributed by atoms with Crippen molar-refractivity contribution >= 4 is 23.2 Å². The molecule has 40 heavy (non-hydrogen) atoms. The summed E-state index contributed by atoms with van der Waals surface area (Å²) in [5.74, 6) is -5.59. The average Bonchev–Trinajstić information content (AvgIpc) is 3.56. The number of aromatic nitrogens is 7. The van der Waals surface area contributed by atoms with Crippen molar-refractivity contribution in [1.29, 1.82) is 5.26 Å². The fourth-order valence-electron chi connectivity index (χ4n) is 5.03. The molecule has 6 rings (SSSR count). The number of nitrogens with zero attached hydrogens (tertiary/aromatic N) is 8. The largest absolute Gasteiger partial charge is 0.453 e. The zero-order chi connectivity index (χ0) is 28.4. The van der Waals surface area contributed by atoms with Crippen LogP contribution in [0.1, 0.15) is 41.8 Å². The second-order valence-corrected chi connectivity index (χ2v) is 9.54. The first-order valence-corrected chi connectivity index (χ1v) is 12.0. The fraction of sp³-hybridized carbons (Fsp3) is 0.333. The Morgan fingerprint density at radius 1 is 1.15 bits per heavy atom. The van der Waals surface area contributed by atoms with Crippen molar-refractivity contribution in [3.8, 4) is 17.6 Å². The van der Waals surface area contributed by atoms with E-state index in [0.717, 1.165) is 10.8 Å². The quantitative estimate of drug-likeness (QED) is 0.340. The maximum absolute atomic E-state index is 13.6. The van der Waals surface area contributed by atoms with Crippen LogP contribution >= 0.6 is 0 Å². The Labute approximate surface area is 221 Å². The van der Waals surface area contributed by atoms with E-state index in [1.807, 2.05) is 6.07 Å². The molecule has 5 heterocycles. The highest BCUT2D eigenvalue weighted by atomic mass is 19.4. The van der Waals surface area contributed by atoms with Gasteiger partial charge in [0.25, 0.3) is 0 Å². The summed E-state index contributed by atoms with van der Waals surface area (Å²) < 4.78 is 66.6. The van der Waals surface area contributed by atoms with Gasteiger partial charge in [0, 0.05) is 12.6 Å². The standard InChI is InChI=1S/C24H17F5N10O/c25-22(26,24(27,28)29)6-5-13-20-33-10-34-39(20)9-14(35-13)18-36-17(31)16-19(37-18)38-21(40)23(16,12-2-3-12)15-4-1-11(7-30)8-32-15/h1,4,8-10,12H,2-3,5-6H2,(H3,31,36,37,38,40). The monoisotopic (exact) mass is 556 g/mol. The molecule has 1 amide bonds. The van der Waals surface area contributed by atoms with Crippen LogP contribution in [-0.2, 0) is 16.6 Å². The Balaban J connectivity index is 1.43. The van der Waals surface area contributed by atoms with E-state index in [9.17, 15) is 26.7 Å². The third-order valence-corrected chi connectivity index (χ3v) is 7.06. The molecule has 3 N–H and O–H groups in total. The Morgan fingerprint density at radius 2 is 1.93 bits per heavy atom. The molecule has 11 nitrogen and oxygen atoms in total. The van der Waals surface area contributed by atoms with Crippen molar-refractivity contribution < 1.29 is 26.7 Å². The number of amides is 1. The molecule has 1 aliphatic carbocycles. The minimum Gasteiger partial charge on any atom is -0.383 e. The van der Waals surface area contributed by atoms with Crippen LogP contribution in [0.15, 0.2) is 30.9 Å². The van der Waals surface area contributed by atoms with E-state index >= 15 is 0 Å². The predicted molar refractivity (Wildman–Crippen MR) is 127 cm³/mol. The summed E-state index contributed by atoms with van der Waals surface area (Å²) in [7, 11) is 0. The molecule has 0 radical (unpaired) electrons. The molecule has 1 atom stereocenters. The van der Waals surface area contributed by atoms with Gasteiger partial charge in [0.2, 0.25) is 5.91 Å². The summed E-state index contributed by atoms with van der Waals surface area (Å²) in [5.41, 5.74) is 5.88. The molecule has 16 heteroatoms. The van der Waals surface area contributed by atoms with Gasteiger partial charge in [-0.25, -0.2) is 24.5 Å². The number of halogens is 5. The molecule has 1 fully saturated rings. The highest BCUT2D eigenvalue weighted by Crippen LogP contribution is 2.57. The van der Waals surface area contributed by atoms with Crippen LogP contribution < -0.4 is 11.1 Å². The van der Waals surface area contributed by atoms with Crippen LogP contribution in [-0.4, -0.2) is 52.5 Å². The predicted octanol–water partition coefficient (Wildman–Crippen LogP) is 3.21. The molecule has 4 aromatic rings. The van der Waals surface area contributed by atoms with Crippen LogP contribution in [0.4, 0.5) is 33.6 Å². The number of alkyl halides is 5. The number of pyridine rings is 1. The highest BCUT2D eigenvalue weighted by molar-refractivity contribution is 6.09. The fourth-order valence-corrected chi connectivity index (χ4v) is 5.03. The summed E-state index contributed by atoms with van der Waals surface area (Å²) in [6, 6.07) is 5.11. The number of carbonyl (C=O) groups is 1. The lowest BCUT2D eigenvalue weighted by atomic mass is 9.74. The molecular formula is C24H17F5N10O. The van der Waals surface area contributed by atoms with Crippen LogP contribution in [0.3, 0.4) is 0 Å². The van der Waals surface area contributed by atoms with Crippen molar-refractivity contribution in [2.75, 3.05) is 11.1 Å². The van der Waals surface area contributed by atoms with E-state index in [0.29, 0.717) is 29.7 Å². The lowest BCUT2D eigenvalue weighted by Gasteiger charge is -2.27. The number of carbonyl (C=O) groups excluding carboxylic acids is 1. The van der Waals surface area contributed by atoms with Crippen molar-refractivity contribution in [1.82, 2.24) is 34.5 Å². The number of fused-ring (bicyclic) bond motifs is 2. The van der Waals surface area contributed by atoms with Gasteiger partial charge in [-0.3, -0.25) is 9.78 Å². The number of hydrogen-bond acceptors (Lipinski definition) is 9. The third kappa shape index (κ3) is 3.80.